The maximum Gasteiger partial charge on any atom is 0.270 e. The molecule has 29 heavy (non-hydrogen) atoms. The van der Waals surface area contributed by atoms with Crippen LogP contribution in [0.5, 0.6) is 0 Å². The van der Waals surface area contributed by atoms with Crippen molar-refractivity contribution in [2.45, 2.75) is 19.9 Å². The van der Waals surface area contributed by atoms with Gasteiger partial charge in [0, 0.05) is 38.4 Å². The van der Waals surface area contributed by atoms with Gasteiger partial charge in [0.2, 0.25) is 0 Å². The summed E-state index contributed by atoms with van der Waals surface area (Å²) in [6.07, 6.45) is 0.843. The Balaban J connectivity index is 1.80. The molecule has 0 aliphatic rings. The van der Waals surface area contributed by atoms with Crippen molar-refractivity contribution >= 4 is 11.7 Å². The Hall–Kier alpha value is -3.25. The van der Waals surface area contributed by atoms with E-state index in [-0.39, 0.29) is 5.91 Å². The van der Waals surface area contributed by atoms with Crippen LogP contribution in [-0.4, -0.2) is 36.1 Å². The third-order valence-corrected chi connectivity index (χ3v) is 4.52. The van der Waals surface area contributed by atoms with E-state index in [0.29, 0.717) is 37.0 Å². The average Bonchev–Trinajstić information content (AvgIpc) is 2.76. The lowest BCUT2D eigenvalue weighted by atomic mass is 10.1. The van der Waals surface area contributed by atoms with E-state index in [9.17, 15) is 4.79 Å². The van der Waals surface area contributed by atoms with E-state index in [4.69, 9.17) is 4.74 Å². The third-order valence-electron chi connectivity index (χ3n) is 4.52. The molecule has 1 aromatic heterocycles. The van der Waals surface area contributed by atoms with Gasteiger partial charge in [-0.3, -0.25) is 4.79 Å². The molecule has 0 aliphatic carbocycles. The van der Waals surface area contributed by atoms with E-state index in [1.54, 1.807) is 13.2 Å². The monoisotopic (exact) mass is 390 g/mol. The third kappa shape index (κ3) is 5.86. The predicted octanol–water partition coefficient (Wildman–Crippen LogP) is 3.83. The molecule has 0 spiro atoms. The van der Waals surface area contributed by atoms with Gasteiger partial charge in [-0.15, -0.1) is 0 Å². The quantitative estimate of drug-likeness (QED) is 0.543. The Kier molecular flexibility index (Phi) is 7.30. The number of hydrogen-bond donors (Lipinski definition) is 2. The van der Waals surface area contributed by atoms with Crippen LogP contribution in [-0.2, 0) is 11.3 Å². The Morgan fingerprint density at radius 1 is 1.03 bits per heavy atom. The van der Waals surface area contributed by atoms with Crippen LogP contribution in [0.15, 0.2) is 60.7 Å². The van der Waals surface area contributed by atoms with E-state index in [2.05, 4.69) is 20.6 Å². The van der Waals surface area contributed by atoms with Crippen LogP contribution in [0.4, 0.5) is 5.82 Å². The van der Waals surface area contributed by atoms with Crippen molar-refractivity contribution in [3.63, 3.8) is 0 Å². The Morgan fingerprint density at radius 3 is 2.55 bits per heavy atom. The molecule has 0 fully saturated rings. The molecule has 2 aromatic carbocycles. The van der Waals surface area contributed by atoms with Crippen molar-refractivity contribution in [1.82, 2.24) is 15.3 Å². The van der Waals surface area contributed by atoms with E-state index in [1.807, 2.05) is 61.5 Å². The molecule has 3 rings (SSSR count). The van der Waals surface area contributed by atoms with Crippen LogP contribution >= 0.6 is 0 Å². The van der Waals surface area contributed by atoms with Crippen molar-refractivity contribution in [2.75, 3.05) is 25.6 Å². The first-order valence-corrected chi connectivity index (χ1v) is 9.67. The summed E-state index contributed by atoms with van der Waals surface area (Å²) in [5, 5.41) is 6.22. The van der Waals surface area contributed by atoms with Gasteiger partial charge in [0.05, 0.1) is 0 Å². The molecule has 0 saturated carbocycles. The number of aryl methyl sites for hydroxylation is 1. The van der Waals surface area contributed by atoms with Crippen LogP contribution in [0, 0.1) is 6.92 Å². The van der Waals surface area contributed by atoms with Crippen molar-refractivity contribution in [2.24, 2.45) is 0 Å². The standard InChI is InChI=1S/C23H26N4O2/c1-17-9-6-7-12-19(17)16-25-23(28)20-15-21(24-13-8-14-29-2)27-22(26-20)18-10-4-3-5-11-18/h3-7,9-12,15H,8,13-14,16H2,1-2H3,(H,25,28)(H,24,26,27). The van der Waals surface area contributed by atoms with Crippen LogP contribution < -0.4 is 10.6 Å². The van der Waals surface area contributed by atoms with Gasteiger partial charge in [-0.25, -0.2) is 9.97 Å². The molecular weight excluding hydrogens is 364 g/mol. The normalized spacial score (nSPS) is 10.6. The van der Waals surface area contributed by atoms with E-state index >= 15 is 0 Å². The fourth-order valence-corrected chi connectivity index (χ4v) is 2.88. The number of hydrogen-bond acceptors (Lipinski definition) is 5. The molecule has 1 heterocycles. The summed E-state index contributed by atoms with van der Waals surface area (Å²) in [5.41, 5.74) is 3.42. The number of nitrogens with one attached hydrogen (secondary N) is 2. The minimum absolute atomic E-state index is 0.229. The summed E-state index contributed by atoms with van der Waals surface area (Å²) in [6, 6.07) is 19.3. The molecule has 6 nitrogen and oxygen atoms in total. The number of rotatable bonds is 9. The summed E-state index contributed by atoms with van der Waals surface area (Å²) in [5.74, 6) is 0.909. The highest BCUT2D eigenvalue weighted by Crippen LogP contribution is 2.18. The fraction of sp³-hybridized carbons (Fsp3) is 0.261. The van der Waals surface area contributed by atoms with Gasteiger partial charge in [-0.2, -0.15) is 0 Å². The number of carbonyl (C=O) groups is 1. The van der Waals surface area contributed by atoms with Gasteiger partial charge in [0.25, 0.3) is 5.91 Å². The highest BCUT2D eigenvalue weighted by molar-refractivity contribution is 5.93. The molecule has 6 heteroatoms. The molecular formula is C23H26N4O2. The molecule has 0 unspecified atom stereocenters. The second-order valence-electron chi connectivity index (χ2n) is 6.71. The minimum atomic E-state index is -0.229. The molecule has 0 bridgehead atoms. The molecule has 1 amide bonds. The molecule has 3 aromatic rings. The topological polar surface area (TPSA) is 76.1 Å². The highest BCUT2D eigenvalue weighted by atomic mass is 16.5. The first-order valence-electron chi connectivity index (χ1n) is 9.67. The fourth-order valence-electron chi connectivity index (χ4n) is 2.88. The maximum atomic E-state index is 12.8. The van der Waals surface area contributed by atoms with Crippen LogP contribution in [0.1, 0.15) is 28.0 Å². The summed E-state index contributed by atoms with van der Waals surface area (Å²) in [7, 11) is 1.68. The number of anilines is 1. The zero-order chi connectivity index (χ0) is 20.5. The molecule has 0 saturated heterocycles. The van der Waals surface area contributed by atoms with Gasteiger partial charge in [-0.05, 0) is 24.5 Å². The maximum absolute atomic E-state index is 12.8. The summed E-state index contributed by atoms with van der Waals surface area (Å²) in [4.78, 5) is 21.9. The second-order valence-corrected chi connectivity index (χ2v) is 6.71. The zero-order valence-electron chi connectivity index (χ0n) is 16.8. The lowest BCUT2D eigenvalue weighted by Gasteiger charge is -2.11. The number of aromatic nitrogens is 2. The first-order chi connectivity index (χ1) is 14.2. The van der Waals surface area contributed by atoms with Crippen molar-refractivity contribution < 1.29 is 9.53 Å². The van der Waals surface area contributed by atoms with Gasteiger partial charge in [-0.1, -0.05) is 54.6 Å². The number of ether oxygens (including phenoxy) is 1. The summed E-state index contributed by atoms with van der Waals surface area (Å²) >= 11 is 0. The second kappa shape index (κ2) is 10.3. The predicted molar refractivity (Wildman–Crippen MR) is 115 cm³/mol. The summed E-state index contributed by atoms with van der Waals surface area (Å²) in [6.45, 7) is 3.84. The molecule has 0 radical (unpaired) electrons. The van der Waals surface area contributed by atoms with E-state index in [0.717, 1.165) is 23.1 Å². The zero-order valence-corrected chi connectivity index (χ0v) is 16.8. The number of nitrogens with zero attached hydrogens (tertiary/aromatic N) is 2. The number of amides is 1. The molecule has 2 N–H and O–H groups in total. The van der Waals surface area contributed by atoms with Gasteiger partial charge < -0.3 is 15.4 Å². The Bertz CT molecular complexity index is 945. The van der Waals surface area contributed by atoms with Crippen LogP contribution in [0.2, 0.25) is 0 Å². The lowest BCUT2D eigenvalue weighted by Crippen LogP contribution is -2.25. The van der Waals surface area contributed by atoms with Gasteiger partial charge >= 0.3 is 0 Å². The highest BCUT2D eigenvalue weighted by Gasteiger charge is 2.13. The van der Waals surface area contributed by atoms with Crippen LogP contribution in [0.25, 0.3) is 11.4 Å². The van der Waals surface area contributed by atoms with E-state index < -0.39 is 0 Å². The van der Waals surface area contributed by atoms with Gasteiger partial charge in [0.15, 0.2) is 5.82 Å². The largest absolute Gasteiger partial charge is 0.385 e. The number of methoxy groups -OCH3 is 1. The SMILES string of the molecule is COCCCNc1cc(C(=O)NCc2ccccc2C)nc(-c2ccccc2)n1. The number of benzene rings is 2. The minimum Gasteiger partial charge on any atom is -0.385 e. The average molecular weight is 390 g/mol. The van der Waals surface area contributed by atoms with Gasteiger partial charge in [0.1, 0.15) is 11.5 Å². The van der Waals surface area contributed by atoms with E-state index in [1.165, 1.54) is 0 Å². The molecule has 0 atom stereocenters. The lowest BCUT2D eigenvalue weighted by molar-refractivity contribution is 0.0946. The van der Waals surface area contributed by atoms with Crippen LogP contribution in [0.3, 0.4) is 0 Å². The van der Waals surface area contributed by atoms with Crippen molar-refractivity contribution in [3.05, 3.63) is 77.5 Å². The molecule has 0 aliphatic heterocycles. The van der Waals surface area contributed by atoms with Crippen molar-refractivity contribution in [3.8, 4) is 11.4 Å². The Morgan fingerprint density at radius 2 is 1.79 bits per heavy atom. The smallest absolute Gasteiger partial charge is 0.270 e. The molecule has 150 valence electrons. The van der Waals surface area contributed by atoms with Crippen molar-refractivity contribution in [1.29, 1.82) is 0 Å². The summed E-state index contributed by atoms with van der Waals surface area (Å²) < 4.78 is 5.08. The number of carbonyl (C=O) groups excluding carboxylic acids is 1. The Labute approximate surface area is 171 Å². The first kappa shape index (κ1) is 20.5.